The van der Waals surface area contributed by atoms with Crippen LogP contribution in [0, 0.1) is 0 Å². The summed E-state index contributed by atoms with van der Waals surface area (Å²) in [5.74, 6) is -2.75. The fraction of sp³-hybridized carbons (Fsp3) is 0.0833. The van der Waals surface area contributed by atoms with E-state index in [0.717, 1.165) is 6.07 Å². The summed E-state index contributed by atoms with van der Waals surface area (Å²) in [6, 6.07) is 7.90. The first kappa shape index (κ1) is 15.1. The molecule has 0 aliphatic carbocycles. The van der Waals surface area contributed by atoms with Crippen LogP contribution in [0.2, 0.25) is 0 Å². The van der Waals surface area contributed by atoms with E-state index in [1.54, 1.807) is 0 Å². The molecule has 2 aromatic rings. The van der Waals surface area contributed by atoms with Gasteiger partial charge >= 0.3 is 21.3 Å². The standard InChI is InChI=1S/C12H8F2O6S/c13-12(14,21(17,18)19)11(16)20-10-4-2-7-5-9(15)3-1-8(7)6-10/h1-6,15H,(H,17,18,19). The number of ether oxygens (including phenoxy) is 1. The van der Waals surface area contributed by atoms with Gasteiger partial charge in [0, 0.05) is 0 Å². The van der Waals surface area contributed by atoms with Gasteiger partial charge in [0.15, 0.2) is 0 Å². The van der Waals surface area contributed by atoms with Crippen molar-refractivity contribution in [3.8, 4) is 11.5 Å². The summed E-state index contributed by atoms with van der Waals surface area (Å²) in [5, 5.41) is 5.22. The molecule has 0 fully saturated rings. The van der Waals surface area contributed by atoms with E-state index in [0.29, 0.717) is 10.8 Å². The Morgan fingerprint density at radius 1 is 1.10 bits per heavy atom. The predicted molar refractivity (Wildman–Crippen MR) is 67.7 cm³/mol. The minimum Gasteiger partial charge on any atom is -0.508 e. The Bertz CT molecular complexity index is 816. The maximum atomic E-state index is 13.0. The highest BCUT2D eigenvalue weighted by Gasteiger charge is 2.54. The van der Waals surface area contributed by atoms with E-state index in [9.17, 15) is 27.1 Å². The fourth-order valence-corrected chi connectivity index (χ4v) is 1.80. The molecule has 0 radical (unpaired) electrons. The van der Waals surface area contributed by atoms with Crippen molar-refractivity contribution in [3.05, 3.63) is 36.4 Å². The van der Waals surface area contributed by atoms with Crippen LogP contribution in [-0.4, -0.2) is 29.3 Å². The number of benzene rings is 2. The van der Waals surface area contributed by atoms with Gasteiger partial charge in [0.2, 0.25) is 0 Å². The van der Waals surface area contributed by atoms with Crippen molar-refractivity contribution in [2.24, 2.45) is 0 Å². The Morgan fingerprint density at radius 3 is 2.29 bits per heavy atom. The maximum absolute atomic E-state index is 13.0. The van der Waals surface area contributed by atoms with E-state index in [4.69, 9.17) is 4.55 Å². The first-order chi connectivity index (χ1) is 9.61. The Morgan fingerprint density at radius 2 is 1.67 bits per heavy atom. The molecule has 0 saturated carbocycles. The molecular weight excluding hydrogens is 310 g/mol. The number of phenols is 1. The molecule has 0 spiro atoms. The van der Waals surface area contributed by atoms with E-state index in [-0.39, 0.29) is 11.5 Å². The van der Waals surface area contributed by atoms with Crippen molar-refractivity contribution < 1.29 is 36.4 Å². The van der Waals surface area contributed by atoms with Gasteiger partial charge in [-0.1, -0.05) is 12.1 Å². The highest BCUT2D eigenvalue weighted by molar-refractivity contribution is 7.87. The number of aromatic hydroxyl groups is 1. The zero-order chi connectivity index (χ0) is 15.8. The summed E-state index contributed by atoms with van der Waals surface area (Å²) >= 11 is 0. The van der Waals surface area contributed by atoms with Gasteiger partial charge in [-0.05, 0) is 35.0 Å². The molecule has 0 aromatic heterocycles. The first-order valence-corrected chi connectivity index (χ1v) is 6.85. The molecule has 0 saturated heterocycles. The molecule has 0 unspecified atom stereocenters. The average Bonchev–Trinajstić information content (AvgIpc) is 2.37. The molecular formula is C12H8F2O6S. The summed E-state index contributed by atoms with van der Waals surface area (Å²) in [5.41, 5.74) is 0. The number of alkyl halides is 2. The third kappa shape index (κ3) is 2.93. The maximum Gasteiger partial charge on any atom is 0.466 e. The van der Waals surface area contributed by atoms with Gasteiger partial charge in [-0.3, -0.25) is 4.55 Å². The van der Waals surface area contributed by atoms with Crippen molar-refractivity contribution in [1.82, 2.24) is 0 Å². The third-order valence-corrected chi connectivity index (χ3v) is 3.38. The van der Waals surface area contributed by atoms with Gasteiger partial charge in [-0.2, -0.15) is 17.2 Å². The summed E-state index contributed by atoms with van der Waals surface area (Å²) in [4.78, 5) is 11.1. The van der Waals surface area contributed by atoms with Crippen LogP contribution in [0.4, 0.5) is 8.78 Å². The molecule has 112 valence electrons. The summed E-state index contributed by atoms with van der Waals surface area (Å²) < 4.78 is 59.4. The van der Waals surface area contributed by atoms with Crippen LogP contribution < -0.4 is 4.74 Å². The van der Waals surface area contributed by atoms with Crippen LogP contribution in [0.15, 0.2) is 36.4 Å². The summed E-state index contributed by atoms with van der Waals surface area (Å²) in [6.45, 7) is 0. The highest BCUT2D eigenvalue weighted by Crippen LogP contribution is 2.27. The second-order valence-electron chi connectivity index (χ2n) is 4.07. The van der Waals surface area contributed by atoms with Gasteiger partial charge in [-0.15, -0.1) is 0 Å². The van der Waals surface area contributed by atoms with E-state index in [1.165, 1.54) is 30.3 Å². The number of halogens is 2. The number of hydrogen-bond donors (Lipinski definition) is 2. The molecule has 0 heterocycles. The molecule has 21 heavy (non-hydrogen) atoms. The van der Waals surface area contributed by atoms with Crippen LogP contribution in [0.25, 0.3) is 10.8 Å². The lowest BCUT2D eigenvalue weighted by Crippen LogP contribution is -2.40. The van der Waals surface area contributed by atoms with Crippen molar-refractivity contribution in [2.45, 2.75) is 5.25 Å². The van der Waals surface area contributed by atoms with Crippen molar-refractivity contribution in [1.29, 1.82) is 0 Å². The number of fused-ring (bicyclic) bond motifs is 1. The average molecular weight is 318 g/mol. The van der Waals surface area contributed by atoms with Crippen molar-refractivity contribution in [3.63, 3.8) is 0 Å². The highest BCUT2D eigenvalue weighted by atomic mass is 32.2. The molecule has 9 heteroatoms. The molecule has 0 atom stereocenters. The number of esters is 1. The lowest BCUT2D eigenvalue weighted by Gasteiger charge is -2.12. The molecule has 0 aliphatic rings. The van der Waals surface area contributed by atoms with E-state index < -0.39 is 21.3 Å². The zero-order valence-corrected chi connectivity index (χ0v) is 11.0. The first-order valence-electron chi connectivity index (χ1n) is 5.41. The third-order valence-electron chi connectivity index (χ3n) is 2.57. The summed E-state index contributed by atoms with van der Waals surface area (Å²) in [6.07, 6.45) is 0. The van der Waals surface area contributed by atoms with Gasteiger partial charge in [0.05, 0.1) is 0 Å². The molecule has 6 nitrogen and oxygen atoms in total. The minimum atomic E-state index is -5.91. The van der Waals surface area contributed by atoms with Crippen LogP contribution in [-0.2, 0) is 14.9 Å². The molecule has 2 N–H and O–H groups in total. The van der Waals surface area contributed by atoms with Gasteiger partial charge in [0.25, 0.3) is 0 Å². The number of carbonyl (C=O) groups excluding carboxylic acids is 1. The quantitative estimate of drug-likeness (QED) is 0.509. The number of phenolic OH excluding ortho intramolecular Hbond substituents is 1. The Balaban J connectivity index is 2.32. The number of hydrogen-bond acceptors (Lipinski definition) is 5. The zero-order valence-electron chi connectivity index (χ0n) is 10.2. The largest absolute Gasteiger partial charge is 0.508 e. The van der Waals surface area contributed by atoms with Crippen LogP contribution in [0.5, 0.6) is 11.5 Å². The van der Waals surface area contributed by atoms with Crippen molar-refractivity contribution >= 4 is 26.9 Å². The van der Waals surface area contributed by atoms with Crippen LogP contribution in [0.1, 0.15) is 0 Å². The van der Waals surface area contributed by atoms with E-state index in [1.807, 2.05) is 0 Å². The Kier molecular flexibility index (Phi) is 3.56. The monoisotopic (exact) mass is 318 g/mol. The second-order valence-corrected chi connectivity index (χ2v) is 5.54. The number of carbonyl (C=O) groups is 1. The SMILES string of the molecule is O=C(Oc1ccc2cc(O)ccc2c1)C(F)(F)S(=O)(=O)O. The molecule has 2 aromatic carbocycles. The van der Waals surface area contributed by atoms with Gasteiger partial charge in [0.1, 0.15) is 11.5 Å². The van der Waals surface area contributed by atoms with Gasteiger partial charge in [-0.25, -0.2) is 4.79 Å². The topological polar surface area (TPSA) is 101 Å². The fourth-order valence-electron chi connectivity index (χ4n) is 1.55. The molecule has 0 aliphatic heterocycles. The summed E-state index contributed by atoms with van der Waals surface area (Å²) in [7, 11) is -5.91. The lowest BCUT2D eigenvalue weighted by molar-refractivity contribution is -0.151. The number of rotatable bonds is 3. The second kappa shape index (κ2) is 4.93. The Hall–Kier alpha value is -2.26. The van der Waals surface area contributed by atoms with Crippen LogP contribution in [0.3, 0.4) is 0 Å². The van der Waals surface area contributed by atoms with Crippen molar-refractivity contribution in [2.75, 3.05) is 0 Å². The van der Waals surface area contributed by atoms with E-state index >= 15 is 0 Å². The molecule has 0 amide bonds. The minimum absolute atomic E-state index is 0.00912. The smallest absolute Gasteiger partial charge is 0.466 e. The Labute approximate surface area is 117 Å². The predicted octanol–water partition coefficient (Wildman–Crippen LogP) is 1.93. The van der Waals surface area contributed by atoms with Crippen LogP contribution >= 0.6 is 0 Å². The van der Waals surface area contributed by atoms with Gasteiger partial charge < -0.3 is 9.84 Å². The lowest BCUT2D eigenvalue weighted by atomic mass is 10.1. The molecule has 0 bridgehead atoms. The normalized spacial score (nSPS) is 12.3. The molecule has 2 rings (SSSR count). The van der Waals surface area contributed by atoms with E-state index in [2.05, 4.69) is 4.74 Å².